The van der Waals surface area contributed by atoms with Crippen molar-refractivity contribution < 1.29 is 19.4 Å². The highest BCUT2D eigenvalue weighted by atomic mass is 32.5. The van der Waals surface area contributed by atoms with E-state index in [9.17, 15) is 24.7 Å². The van der Waals surface area contributed by atoms with Crippen LogP contribution in [0.5, 0.6) is 0 Å². The molecule has 1 aliphatic heterocycles. The van der Waals surface area contributed by atoms with Crippen LogP contribution < -0.4 is 5.32 Å². The Morgan fingerprint density at radius 3 is 1.90 bits per heavy atom. The highest BCUT2D eigenvalue weighted by molar-refractivity contribution is 8.45. The van der Waals surface area contributed by atoms with Crippen LogP contribution in [0.4, 0.5) is 19.4 Å². The number of piperidine rings is 1. The van der Waals surface area contributed by atoms with Gasteiger partial charge in [0, 0.05) is 0 Å². The molecule has 1 aromatic carbocycles. The molecule has 0 saturated carbocycles. The number of nitrogens with zero attached hydrogens (tertiary/aromatic N) is 1. The molecule has 8 heteroatoms. The summed E-state index contributed by atoms with van der Waals surface area (Å²) in [6, 6.07) is 4.83. The SMILES string of the molecule is N#CC1(c2ccc(S(F)(F)(F)(F)F)cc2)CCNCC1. The number of nitrogens with one attached hydrogen (secondary N) is 1. The molecule has 1 saturated heterocycles. The maximum Gasteiger partial charge on any atom is 0.310 e. The second-order valence-corrected chi connectivity index (χ2v) is 7.35. The summed E-state index contributed by atoms with van der Waals surface area (Å²) in [5.74, 6) is 0. The van der Waals surface area contributed by atoms with E-state index in [-0.39, 0.29) is 0 Å². The molecule has 112 valence electrons. The van der Waals surface area contributed by atoms with Crippen molar-refractivity contribution in [1.82, 2.24) is 5.32 Å². The minimum atomic E-state index is -9.64. The van der Waals surface area contributed by atoms with Crippen LogP contribution in [0.2, 0.25) is 0 Å². The highest BCUT2D eigenvalue weighted by Gasteiger charge is 2.65. The van der Waals surface area contributed by atoms with Crippen molar-refractivity contribution in [1.29, 1.82) is 5.26 Å². The van der Waals surface area contributed by atoms with E-state index in [1.54, 1.807) is 0 Å². The van der Waals surface area contributed by atoms with Crippen molar-refractivity contribution in [3.05, 3.63) is 29.8 Å². The molecular formula is C12H13F5N2S. The molecule has 1 heterocycles. The minimum absolute atomic E-state index is 0.354. The van der Waals surface area contributed by atoms with Gasteiger partial charge in [0.15, 0.2) is 0 Å². The van der Waals surface area contributed by atoms with Crippen molar-refractivity contribution in [2.24, 2.45) is 0 Å². The summed E-state index contributed by atoms with van der Waals surface area (Å²) in [7, 11) is -9.64. The van der Waals surface area contributed by atoms with E-state index in [0.717, 1.165) is 12.1 Å². The van der Waals surface area contributed by atoms with E-state index < -0.39 is 20.5 Å². The van der Waals surface area contributed by atoms with Gasteiger partial charge in [-0.2, -0.15) is 5.26 Å². The summed E-state index contributed by atoms with van der Waals surface area (Å²) in [5, 5.41) is 12.3. The summed E-state index contributed by atoms with van der Waals surface area (Å²) in [4.78, 5) is -1.92. The Balaban J connectivity index is 2.41. The lowest BCUT2D eigenvalue weighted by Gasteiger charge is -2.41. The summed E-state index contributed by atoms with van der Waals surface area (Å²) < 4.78 is 63.1. The van der Waals surface area contributed by atoms with Crippen LogP contribution in [0, 0.1) is 11.3 Å². The van der Waals surface area contributed by atoms with Crippen LogP contribution in [0.15, 0.2) is 29.2 Å². The molecule has 2 rings (SSSR count). The third-order valence-corrected chi connectivity index (χ3v) is 4.69. The van der Waals surface area contributed by atoms with Crippen LogP contribution >= 0.6 is 10.2 Å². The average molecular weight is 312 g/mol. The second-order valence-electron chi connectivity index (χ2n) is 4.94. The van der Waals surface area contributed by atoms with Crippen LogP contribution in [0.3, 0.4) is 0 Å². The van der Waals surface area contributed by atoms with Crippen LogP contribution in [-0.4, -0.2) is 13.1 Å². The maximum absolute atomic E-state index is 12.6. The molecule has 0 radical (unpaired) electrons. The van der Waals surface area contributed by atoms with Crippen molar-refractivity contribution >= 4 is 10.2 Å². The molecule has 1 aliphatic rings. The molecule has 0 spiro atoms. The number of nitriles is 1. The molecule has 0 aliphatic carbocycles. The normalized spacial score (nSPS) is 22.4. The van der Waals surface area contributed by atoms with E-state index in [1.165, 1.54) is 0 Å². The number of hydrogen-bond acceptors (Lipinski definition) is 2. The van der Waals surface area contributed by atoms with E-state index in [0.29, 0.717) is 43.6 Å². The smallest absolute Gasteiger partial charge is 0.310 e. The van der Waals surface area contributed by atoms with Gasteiger partial charge < -0.3 is 5.32 Å². The first-order valence-electron chi connectivity index (χ1n) is 5.93. The lowest BCUT2D eigenvalue weighted by atomic mass is 9.74. The Kier molecular flexibility index (Phi) is 2.91. The minimum Gasteiger partial charge on any atom is -0.317 e. The predicted octanol–water partition coefficient (Wildman–Crippen LogP) is 4.49. The van der Waals surface area contributed by atoms with Crippen LogP contribution in [0.1, 0.15) is 18.4 Å². The topological polar surface area (TPSA) is 35.8 Å². The molecular weight excluding hydrogens is 299 g/mol. The summed E-state index contributed by atoms with van der Waals surface area (Å²) in [5.41, 5.74) is -0.547. The summed E-state index contributed by atoms with van der Waals surface area (Å²) in [6.07, 6.45) is 0.887. The number of rotatable bonds is 2. The largest absolute Gasteiger partial charge is 0.317 e. The van der Waals surface area contributed by atoms with Gasteiger partial charge in [0.25, 0.3) is 0 Å². The van der Waals surface area contributed by atoms with E-state index in [1.807, 2.05) is 0 Å². The molecule has 1 fully saturated rings. The Labute approximate surface area is 113 Å². The Morgan fingerprint density at radius 2 is 1.50 bits per heavy atom. The molecule has 1 aromatic rings. The lowest BCUT2D eigenvalue weighted by Crippen LogP contribution is -2.38. The summed E-state index contributed by atoms with van der Waals surface area (Å²) in [6.45, 7) is 1.13. The molecule has 2 nitrogen and oxygen atoms in total. The third kappa shape index (κ3) is 2.88. The fourth-order valence-corrected chi connectivity index (χ4v) is 3.00. The molecule has 0 amide bonds. The van der Waals surface area contributed by atoms with E-state index in [4.69, 9.17) is 0 Å². The van der Waals surface area contributed by atoms with Gasteiger partial charge in [-0.3, -0.25) is 0 Å². The molecule has 0 aromatic heterocycles. The third-order valence-electron chi connectivity index (χ3n) is 3.52. The zero-order chi connectivity index (χ0) is 15.1. The molecule has 0 bridgehead atoms. The van der Waals surface area contributed by atoms with Gasteiger partial charge in [0.2, 0.25) is 0 Å². The Morgan fingerprint density at radius 1 is 1.00 bits per heavy atom. The van der Waals surface area contributed by atoms with Gasteiger partial charge in [-0.25, -0.2) is 0 Å². The molecule has 0 atom stereocenters. The fourth-order valence-electron chi connectivity index (χ4n) is 2.35. The number of halogens is 5. The first-order chi connectivity index (χ1) is 8.97. The van der Waals surface area contributed by atoms with Crippen molar-refractivity contribution in [3.63, 3.8) is 0 Å². The fraction of sp³-hybridized carbons (Fsp3) is 0.417. The van der Waals surface area contributed by atoms with Crippen LogP contribution in [-0.2, 0) is 5.41 Å². The second kappa shape index (κ2) is 3.86. The number of benzene rings is 1. The van der Waals surface area contributed by atoms with Gasteiger partial charge in [0.1, 0.15) is 4.90 Å². The highest BCUT2D eigenvalue weighted by Crippen LogP contribution is 3.02. The monoisotopic (exact) mass is 312 g/mol. The predicted molar refractivity (Wildman–Crippen MR) is 67.2 cm³/mol. The first kappa shape index (κ1) is 15.1. The standard InChI is InChI=1S/C12H13F5N2S/c13-20(14,15,16,17)11-3-1-10(2-4-11)12(9-18)5-7-19-8-6-12/h1-4,19H,5-8H2. The summed E-state index contributed by atoms with van der Waals surface area (Å²) >= 11 is 0. The van der Waals surface area contributed by atoms with Crippen molar-refractivity contribution in [3.8, 4) is 6.07 Å². The quantitative estimate of drug-likeness (QED) is 0.817. The maximum atomic E-state index is 12.6. The van der Waals surface area contributed by atoms with Gasteiger partial charge >= 0.3 is 10.2 Å². The molecule has 0 unspecified atom stereocenters. The van der Waals surface area contributed by atoms with Gasteiger partial charge in [-0.15, -0.1) is 0 Å². The zero-order valence-corrected chi connectivity index (χ0v) is 11.2. The van der Waals surface area contributed by atoms with Crippen molar-refractivity contribution in [2.45, 2.75) is 23.2 Å². The Bertz CT molecular complexity index is 552. The Hall–Kier alpha value is -1.33. The zero-order valence-electron chi connectivity index (χ0n) is 10.4. The van der Waals surface area contributed by atoms with E-state index >= 15 is 0 Å². The molecule has 20 heavy (non-hydrogen) atoms. The molecule has 1 N–H and O–H groups in total. The van der Waals surface area contributed by atoms with E-state index in [2.05, 4.69) is 11.4 Å². The number of hydrogen-bond donors (Lipinski definition) is 1. The van der Waals surface area contributed by atoms with Gasteiger partial charge in [-0.1, -0.05) is 31.6 Å². The van der Waals surface area contributed by atoms with Gasteiger partial charge in [0.05, 0.1) is 11.5 Å². The first-order valence-corrected chi connectivity index (χ1v) is 7.89. The lowest BCUT2D eigenvalue weighted by molar-refractivity contribution is 0.363. The van der Waals surface area contributed by atoms with Gasteiger partial charge in [-0.05, 0) is 43.6 Å². The van der Waals surface area contributed by atoms with Crippen LogP contribution in [0.25, 0.3) is 0 Å². The van der Waals surface area contributed by atoms with Crippen molar-refractivity contribution in [2.75, 3.05) is 13.1 Å². The average Bonchev–Trinajstić information content (AvgIpc) is 2.37.